The smallest absolute Gasteiger partial charge is 0.469 e. The number of carbonyl (C=O) groups excluding carboxylic acids is 2. The highest BCUT2D eigenvalue weighted by Crippen LogP contribution is 2.30. The summed E-state index contributed by atoms with van der Waals surface area (Å²) in [4.78, 5) is 21.7. The number of rotatable bonds is 3. The molecule has 1 rings (SSSR count). The van der Waals surface area contributed by atoms with Gasteiger partial charge in [0.1, 0.15) is 0 Å². The van der Waals surface area contributed by atoms with Crippen molar-refractivity contribution in [1.29, 1.82) is 0 Å². The number of hydrogen-bond acceptors (Lipinski definition) is 4. The van der Waals surface area contributed by atoms with E-state index >= 15 is 0 Å². The van der Waals surface area contributed by atoms with Crippen molar-refractivity contribution in [2.75, 3.05) is 13.7 Å². The summed E-state index contributed by atoms with van der Waals surface area (Å²) in [5.41, 5.74) is 0. The number of esters is 2. The number of methoxy groups -OCH3 is 1. The van der Waals surface area contributed by atoms with Crippen molar-refractivity contribution in [2.24, 2.45) is 11.8 Å². The SMILES string of the molecule is COC(=O)C1CCC(COC(=O)C(F)(F)F)CC1. The molecule has 0 aromatic rings. The lowest BCUT2D eigenvalue weighted by Gasteiger charge is -2.26. The van der Waals surface area contributed by atoms with E-state index in [-0.39, 0.29) is 24.4 Å². The van der Waals surface area contributed by atoms with Crippen molar-refractivity contribution in [3.8, 4) is 0 Å². The van der Waals surface area contributed by atoms with E-state index in [1.54, 1.807) is 0 Å². The number of hydrogen-bond donors (Lipinski definition) is 0. The van der Waals surface area contributed by atoms with Crippen molar-refractivity contribution in [2.45, 2.75) is 31.9 Å². The number of halogens is 3. The van der Waals surface area contributed by atoms with Gasteiger partial charge in [-0.1, -0.05) is 0 Å². The first-order valence-electron chi connectivity index (χ1n) is 5.66. The van der Waals surface area contributed by atoms with Gasteiger partial charge in [-0.25, -0.2) is 4.79 Å². The van der Waals surface area contributed by atoms with E-state index in [1.165, 1.54) is 7.11 Å². The lowest BCUT2D eigenvalue weighted by Crippen LogP contribution is -2.30. The van der Waals surface area contributed by atoms with E-state index in [4.69, 9.17) is 0 Å². The Labute approximate surface area is 102 Å². The molecule has 7 heteroatoms. The Hall–Kier alpha value is -1.27. The number of carbonyl (C=O) groups is 2. The van der Waals surface area contributed by atoms with Crippen molar-refractivity contribution < 1.29 is 32.2 Å². The van der Waals surface area contributed by atoms with Crippen LogP contribution >= 0.6 is 0 Å². The number of ether oxygens (including phenoxy) is 2. The predicted molar refractivity (Wildman–Crippen MR) is 54.5 cm³/mol. The third-order valence-electron chi connectivity index (χ3n) is 3.06. The highest BCUT2D eigenvalue weighted by atomic mass is 19.4. The zero-order valence-corrected chi connectivity index (χ0v) is 9.96. The second kappa shape index (κ2) is 6.06. The lowest BCUT2D eigenvalue weighted by atomic mass is 9.82. The van der Waals surface area contributed by atoms with Gasteiger partial charge < -0.3 is 9.47 Å². The Morgan fingerprint density at radius 1 is 1.17 bits per heavy atom. The standard InChI is InChI=1S/C11H15F3O4/c1-17-9(15)8-4-2-7(3-5-8)6-18-10(16)11(12,13)14/h7-8H,2-6H2,1H3. The molecule has 0 aromatic carbocycles. The molecule has 4 nitrogen and oxygen atoms in total. The zero-order valence-electron chi connectivity index (χ0n) is 9.96. The maximum Gasteiger partial charge on any atom is 0.490 e. The van der Waals surface area contributed by atoms with Gasteiger partial charge in [-0.3, -0.25) is 4.79 Å². The molecule has 0 heterocycles. The summed E-state index contributed by atoms with van der Waals surface area (Å²) in [6.45, 7) is -0.244. The Balaban J connectivity index is 2.28. The molecule has 1 aliphatic carbocycles. The van der Waals surface area contributed by atoms with Crippen LogP contribution < -0.4 is 0 Å². The van der Waals surface area contributed by atoms with E-state index < -0.39 is 12.1 Å². The highest BCUT2D eigenvalue weighted by Gasteiger charge is 2.41. The summed E-state index contributed by atoms with van der Waals surface area (Å²) in [5, 5.41) is 0. The highest BCUT2D eigenvalue weighted by molar-refractivity contribution is 5.75. The van der Waals surface area contributed by atoms with Gasteiger partial charge in [-0.05, 0) is 31.6 Å². The quantitative estimate of drug-likeness (QED) is 0.735. The first-order valence-corrected chi connectivity index (χ1v) is 5.66. The van der Waals surface area contributed by atoms with Crippen molar-refractivity contribution in [1.82, 2.24) is 0 Å². The van der Waals surface area contributed by atoms with E-state index in [0.717, 1.165) is 0 Å². The minimum atomic E-state index is -4.94. The van der Waals surface area contributed by atoms with Crippen LogP contribution in [-0.2, 0) is 19.1 Å². The molecule has 0 spiro atoms. The Kier molecular flexibility index (Phi) is 4.98. The van der Waals surface area contributed by atoms with Gasteiger partial charge in [-0.15, -0.1) is 0 Å². The van der Waals surface area contributed by atoms with Crippen LogP contribution in [0.1, 0.15) is 25.7 Å². The molecule has 0 N–H and O–H groups in total. The van der Waals surface area contributed by atoms with Crippen LogP contribution in [-0.4, -0.2) is 31.8 Å². The van der Waals surface area contributed by atoms with Gasteiger partial charge >= 0.3 is 18.1 Å². The molecule has 0 unspecified atom stereocenters. The third-order valence-corrected chi connectivity index (χ3v) is 3.06. The van der Waals surface area contributed by atoms with E-state index in [2.05, 4.69) is 9.47 Å². The molecule has 0 saturated heterocycles. The molecule has 1 aliphatic rings. The van der Waals surface area contributed by atoms with E-state index in [9.17, 15) is 22.8 Å². The van der Waals surface area contributed by atoms with Crippen LogP contribution in [0.15, 0.2) is 0 Å². The molecule has 1 fully saturated rings. The van der Waals surface area contributed by atoms with Crippen LogP contribution in [0.25, 0.3) is 0 Å². The molecule has 104 valence electrons. The van der Waals surface area contributed by atoms with Crippen LogP contribution in [0.2, 0.25) is 0 Å². The fourth-order valence-corrected chi connectivity index (χ4v) is 2.01. The fraction of sp³-hybridized carbons (Fsp3) is 0.818. The minimum Gasteiger partial charge on any atom is -0.469 e. The van der Waals surface area contributed by atoms with Gasteiger partial charge in [0.15, 0.2) is 0 Å². The van der Waals surface area contributed by atoms with Gasteiger partial charge in [0.2, 0.25) is 0 Å². The predicted octanol–water partition coefficient (Wildman–Crippen LogP) is 2.07. The summed E-state index contributed by atoms with van der Waals surface area (Å²) in [7, 11) is 1.31. The molecular formula is C11H15F3O4. The molecule has 0 bridgehead atoms. The van der Waals surface area contributed by atoms with E-state index in [0.29, 0.717) is 25.7 Å². The zero-order chi connectivity index (χ0) is 13.8. The Bertz CT molecular complexity index is 306. The van der Waals surface area contributed by atoms with Crippen molar-refractivity contribution >= 4 is 11.9 Å². The second-order valence-corrected chi connectivity index (χ2v) is 4.34. The maximum atomic E-state index is 11.9. The average molecular weight is 268 g/mol. The molecule has 18 heavy (non-hydrogen) atoms. The molecule has 0 aromatic heterocycles. The van der Waals surface area contributed by atoms with Crippen molar-refractivity contribution in [3.63, 3.8) is 0 Å². The summed E-state index contributed by atoms with van der Waals surface area (Å²) in [6, 6.07) is 0. The maximum absolute atomic E-state index is 11.9. The van der Waals surface area contributed by atoms with Gasteiger partial charge in [0, 0.05) is 0 Å². The van der Waals surface area contributed by atoms with Crippen LogP contribution in [0.3, 0.4) is 0 Å². The first kappa shape index (κ1) is 14.8. The van der Waals surface area contributed by atoms with Crippen LogP contribution in [0.5, 0.6) is 0 Å². The van der Waals surface area contributed by atoms with E-state index in [1.807, 2.05) is 0 Å². The third kappa shape index (κ3) is 4.19. The Morgan fingerprint density at radius 3 is 2.17 bits per heavy atom. The Morgan fingerprint density at radius 2 is 1.72 bits per heavy atom. The summed E-state index contributed by atoms with van der Waals surface area (Å²) in [6.07, 6.45) is -2.71. The summed E-state index contributed by atoms with van der Waals surface area (Å²) < 4.78 is 44.4. The topological polar surface area (TPSA) is 52.6 Å². The molecule has 0 amide bonds. The van der Waals surface area contributed by atoms with Crippen molar-refractivity contribution in [3.05, 3.63) is 0 Å². The second-order valence-electron chi connectivity index (χ2n) is 4.34. The molecular weight excluding hydrogens is 253 g/mol. The van der Waals surface area contributed by atoms with Gasteiger partial charge in [-0.2, -0.15) is 13.2 Å². The largest absolute Gasteiger partial charge is 0.490 e. The lowest BCUT2D eigenvalue weighted by molar-refractivity contribution is -0.201. The summed E-state index contributed by atoms with van der Waals surface area (Å²) in [5.74, 6) is -2.75. The van der Waals surface area contributed by atoms with Gasteiger partial charge in [0.05, 0.1) is 19.6 Å². The van der Waals surface area contributed by atoms with Crippen LogP contribution in [0.4, 0.5) is 13.2 Å². The summed E-state index contributed by atoms with van der Waals surface area (Å²) >= 11 is 0. The molecule has 1 saturated carbocycles. The molecule has 0 atom stereocenters. The number of alkyl halides is 3. The first-order chi connectivity index (χ1) is 8.34. The normalized spacial score (nSPS) is 24.4. The average Bonchev–Trinajstić information content (AvgIpc) is 2.34. The van der Waals surface area contributed by atoms with Crippen LogP contribution in [0, 0.1) is 11.8 Å². The monoisotopic (exact) mass is 268 g/mol. The minimum absolute atomic E-state index is 0.114. The molecule has 0 aliphatic heterocycles. The van der Waals surface area contributed by atoms with Gasteiger partial charge in [0.25, 0.3) is 0 Å². The molecule has 0 radical (unpaired) electrons. The fourth-order valence-electron chi connectivity index (χ4n) is 2.01.